The van der Waals surface area contributed by atoms with Crippen molar-refractivity contribution in [3.63, 3.8) is 0 Å². The second kappa shape index (κ2) is 4.94. The normalized spacial score (nSPS) is 49.1. The monoisotopic (exact) mass is 288 g/mol. The molecule has 0 spiro atoms. The minimum Gasteiger partial charge on any atom is -0.393 e. The van der Waals surface area contributed by atoms with E-state index in [2.05, 4.69) is 13.0 Å². The number of carbonyl (C=O) groups excluding carboxylic acids is 1. The number of ketones is 1. The van der Waals surface area contributed by atoms with Crippen LogP contribution in [0.25, 0.3) is 0 Å². The zero-order valence-electron chi connectivity index (χ0n) is 13.2. The zero-order valence-corrected chi connectivity index (χ0v) is 13.2. The number of Topliss-reactive ketones (excluding diaryl/α,β-unsaturated/α-hetero) is 1. The van der Waals surface area contributed by atoms with Crippen LogP contribution in [0.1, 0.15) is 64.7 Å². The van der Waals surface area contributed by atoms with E-state index in [0.29, 0.717) is 29.5 Å². The molecule has 0 amide bonds. The molecule has 3 fully saturated rings. The van der Waals surface area contributed by atoms with Crippen molar-refractivity contribution in [3.05, 3.63) is 11.6 Å². The first-order valence-electron chi connectivity index (χ1n) is 9.07. The number of aliphatic hydroxyl groups is 1. The van der Waals surface area contributed by atoms with Gasteiger partial charge in [-0.25, -0.2) is 0 Å². The van der Waals surface area contributed by atoms with Gasteiger partial charge in [-0.3, -0.25) is 4.79 Å². The van der Waals surface area contributed by atoms with Gasteiger partial charge in [0.1, 0.15) is 5.78 Å². The third kappa shape index (κ3) is 1.84. The van der Waals surface area contributed by atoms with Crippen LogP contribution in [0.5, 0.6) is 0 Å². The summed E-state index contributed by atoms with van der Waals surface area (Å²) in [6, 6.07) is 0. The van der Waals surface area contributed by atoms with E-state index >= 15 is 0 Å². The van der Waals surface area contributed by atoms with Gasteiger partial charge in [0.2, 0.25) is 0 Å². The largest absolute Gasteiger partial charge is 0.393 e. The van der Waals surface area contributed by atoms with E-state index in [4.69, 9.17) is 0 Å². The summed E-state index contributed by atoms with van der Waals surface area (Å²) in [7, 11) is 0. The molecule has 4 aliphatic rings. The fourth-order valence-corrected chi connectivity index (χ4v) is 6.56. The highest BCUT2D eigenvalue weighted by Crippen LogP contribution is 2.61. The van der Waals surface area contributed by atoms with E-state index in [1.54, 1.807) is 5.57 Å². The Morgan fingerprint density at radius 1 is 1.29 bits per heavy atom. The molecule has 0 aliphatic heterocycles. The molecule has 4 unspecified atom stereocenters. The van der Waals surface area contributed by atoms with Gasteiger partial charge in [-0.15, -0.1) is 0 Å². The molecule has 116 valence electrons. The Balaban J connectivity index is 1.70. The molecule has 4 rings (SSSR count). The molecule has 2 heteroatoms. The molecule has 0 saturated heterocycles. The van der Waals surface area contributed by atoms with Crippen LogP contribution < -0.4 is 0 Å². The van der Waals surface area contributed by atoms with E-state index in [0.717, 1.165) is 25.7 Å². The Labute approximate surface area is 128 Å². The van der Waals surface area contributed by atoms with Gasteiger partial charge in [0.25, 0.3) is 0 Å². The summed E-state index contributed by atoms with van der Waals surface area (Å²) in [4.78, 5) is 12.5. The Morgan fingerprint density at radius 2 is 2.14 bits per heavy atom. The molecule has 6 atom stereocenters. The Hall–Kier alpha value is -0.630. The lowest BCUT2D eigenvalue weighted by Gasteiger charge is -2.55. The molecule has 2 nitrogen and oxygen atoms in total. The molecule has 0 aromatic heterocycles. The highest BCUT2D eigenvalue weighted by Gasteiger charge is 2.60. The van der Waals surface area contributed by atoms with Crippen LogP contribution >= 0.6 is 0 Å². The molecule has 1 N–H and O–H groups in total. The average molecular weight is 288 g/mol. The molecular formula is C19H28O2. The first kappa shape index (κ1) is 14.0. The lowest BCUT2D eigenvalue weighted by molar-refractivity contribution is -0.143. The number of hydrogen-bond donors (Lipinski definition) is 1. The molecule has 4 aliphatic carbocycles. The predicted molar refractivity (Wildman–Crippen MR) is 82.7 cm³/mol. The summed E-state index contributed by atoms with van der Waals surface area (Å²) >= 11 is 0. The van der Waals surface area contributed by atoms with Crippen LogP contribution in [0.15, 0.2) is 11.6 Å². The summed E-state index contributed by atoms with van der Waals surface area (Å²) < 4.78 is 0. The number of aliphatic hydroxyl groups excluding tert-OH is 1. The fourth-order valence-electron chi connectivity index (χ4n) is 6.56. The molecule has 0 bridgehead atoms. The number of allylic oxidation sites excluding steroid dienone is 2. The van der Waals surface area contributed by atoms with Crippen molar-refractivity contribution < 1.29 is 9.90 Å². The predicted octanol–water partition coefficient (Wildman–Crippen LogP) is 3.88. The van der Waals surface area contributed by atoms with E-state index in [1.807, 2.05) is 0 Å². The highest BCUT2D eigenvalue weighted by atomic mass is 16.3. The van der Waals surface area contributed by atoms with Crippen molar-refractivity contribution in [1.82, 2.24) is 0 Å². The maximum Gasteiger partial charge on any atom is 0.139 e. The van der Waals surface area contributed by atoms with Gasteiger partial charge in [0, 0.05) is 11.8 Å². The fraction of sp³-hybridized carbons (Fsp3) is 0.842. The number of carbonyl (C=O) groups is 1. The molecule has 0 aromatic carbocycles. The second-order valence-electron chi connectivity index (χ2n) is 7.95. The van der Waals surface area contributed by atoms with Crippen LogP contribution in [-0.4, -0.2) is 17.0 Å². The van der Waals surface area contributed by atoms with Crippen LogP contribution in [0, 0.1) is 29.1 Å². The second-order valence-corrected chi connectivity index (χ2v) is 7.95. The Kier molecular flexibility index (Phi) is 3.29. The lowest BCUT2D eigenvalue weighted by atomic mass is 9.50. The quantitative estimate of drug-likeness (QED) is 0.743. The number of rotatable bonds is 1. The van der Waals surface area contributed by atoms with Crippen molar-refractivity contribution in [3.8, 4) is 0 Å². The van der Waals surface area contributed by atoms with Gasteiger partial charge in [0.15, 0.2) is 0 Å². The molecule has 0 heterocycles. The number of hydrogen-bond acceptors (Lipinski definition) is 2. The highest BCUT2D eigenvalue weighted by molar-refractivity contribution is 5.87. The van der Waals surface area contributed by atoms with E-state index in [-0.39, 0.29) is 11.5 Å². The minimum absolute atomic E-state index is 0.170. The molecular weight excluding hydrogens is 260 g/mol. The summed E-state index contributed by atoms with van der Waals surface area (Å²) in [6.07, 6.45) is 12.0. The Bertz CT molecular complexity index is 480. The van der Waals surface area contributed by atoms with Gasteiger partial charge in [0.05, 0.1) is 6.10 Å². The molecule has 0 aromatic rings. The zero-order chi connectivity index (χ0) is 14.6. The van der Waals surface area contributed by atoms with Gasteiger partial charge < -0.3 is 5.11 Å². The maximum absolute atomic E-state index is 12.5. The van der Waals surface area contributed by atoms with Gasteiger partial charge >= 0.3 is 0 Å². The van der Waals surface area contributed by atoms with Gasteiger partial charge in [-0.05, 0) is 75.0 Å². The smallest absolute Gasteiger partial charge is 0.139 e. The van der Waals surface area contributed by atoms with Crippen molar-refractivity contribution in [2.75, 3.05) is 0 Å². The SMILES string of the molecule is CCC12CC(O)[C@@H]3C4CCCC=C4CCC3[C@@H]1CCC2=O. The lowest BCUT2D eigenvalue weighted by Crippen LogP contribution is -2.53. The maximum atomic E-state index is 12.5. The molecule has 0 radical (unpaired) electrons. The Morgan fingerprint density at radius 3 is 2.95 bits per heavy atom. The third-order valence-electron chi connectivity index (χ3n) is 7.44. The molecule has 3 saturated carbocycles. The van der Waals surface area contributed by atoms with Crippen LogP contribution in [0.3, 0.4) is 0 Å². The van der Waals surface area contributed by atoms with Crippen molar-refractivity contribution in [2.45, 2.75) is 70.8 Å². The van der Waals surface area contributed by atoms with Gasteiger partial charge in [-0.2, -0.15) is 0 Å². The third-order valence-corrected chi connectivity index (χ3v) is 7.44. The summed E-state index contributed by atoms with van der Waals surface area (Å²) in [5.41, 5.74) is 1.46. The summed E-state index contributed by atoms with van der Waals surface area (Å²) in [5.74, 6) is 2.68. The van der Waals surface area contributed by atoms with Crippen LogP contribution in [-0.2, 0) is 4.79 Å². The van der Waals surface area contributed by atoms with Crippen molar-refractivity contribution in [2.24, 2.45) is 29.1 Å². The minimum atomic E-state index is -0.250. The van der Waals surface area contributed by atoms with Gasteiger partial charge in [-0.1, -0.05) is 18.6 Å². The van der Waals surface area contributed by atoms with Crippen molar-refractivity contribution >= 4 is 5.78 Å². The summed E-state index contributed by atoms with van der Waals surface area (Å²) in [6.45, 7) is 2.16. The van der Waals surface area contributed by atoms with E-state index in [9.17, 15) is 9.90 Å². The topological polar surface area (TPSA) is 37.3 Å². The number of fused-ring (bicyclic) bond motifs is 5. The average Bonchev–Trinajstić information content (AvgIpc) is 2.84. The van der Waals surface area contributed by atoms with E-state index in [1.165, 1.54) is 32.1 Å². The first-order valence-corrected chi connectivity index (χ1v) is 9.07. The standard InChI is InChI=1S/C19H28O2/c1-2-19-11-16(20)18-13-6-4-3-5-12(13)7-8-14(18)15(19)9-10-17(19)21/h5,13-16,18,20H,2-4,6-11H2,1H3/t13?,14?,15-,16?,18+,19?/m0/s1. The summed E-state index contributed by atoms with van der Waals surface area (Å²) in [5, 5.41) is 10.9. The first-order chi connectivity index (χ1) is 10.2. The van der Waals surface area contributed by atoms with Crippen LogP contribution in [0.2, 0.25) is 0 Å². The van der Waals surface area contributed by atoms with Crippen LogP contribution in [0.4, 0.5) is 0 Å². The molecule has 21 heavy (non-hydrogen) atoms. The van der Waals surface area contributed by atoms with E-state index < -0.39 is 0 Å². The van der Waals surface area contributed by atoms with Crippen molar-refractivity contribution in [1.29, 1.82) is 0 Å².